The molecule has 2 rings (SSSR count). The van der Waals surface area contributed by atoms with Gasteiger partial charge in [0.2, 0.25) is 0 Å². The maximum Gasteiger partial charge on any atom is 0.0612 e. The molecule has 3 nitrogen and oxygen atoms in total. The first kappa shape index (κ1) is 9.46. The number of nitrogens with zero attached hydrogens (tertiary/aromatic N) is 2. The molecule has 0 radical (unpaired) electrons. The normalized spacial score (nSPS) is 20.8. The van der Waals surface area contributed by atoms with E-state index in [1.165, 1.54) is 11.3 Å². The van der Waals surface area contributed by atoms with Crippen LogP contribution in [0.2, 0.25) is 0 Å². The lowest BCUT2D eigenvalue weighted by atomic mass is 9.86. The summed E-state index contributed by atoms with van der Waals surface area (Å²) in [7, 11) is 0. The van der Waals surface area contributed by atoms with Crippen molar-refractivity contribution in [1.29, 1.82) is 0 Å². The zero-order valence-corrected chi connectivity index (χ0v) is 8.83. The van der Waals surface area contributed by atoms with Crippen LogP contribution in [0.1, 0.15) is 31.2 Å². The third kappa shape index (κ3) is 1.73. The fourth-order valence-electron chi connectivity index (χ4n) is 1.88. The van der Waals surface area contributed by atoms with Crippen LogP contribution in [0.15, 0.2) is 11.6 Å². The minimum atomic E-state index is 0.389. The number of hydrogen-bond acceptors (Lipinski definition) is 2. The third-order valence-electron chi connectivity index (χ3n) is 2.63. The lowest BCUT2D eigenvalue weighted by Gasteiger charge is -2.25. The number of hydrogen-bond donors (Lipinski definition) is 1. The molecule has 0 aromatic carbocycles. The first-order valence-corrected chi connectivity index (χ1v) is 5.18. The summed E-state index contributed by atoms with van der Waals surface area (Å²) >= 11 is 0. The van der Waals surface area contributed by atoms with Gasteiger partial charge in [0, 0.05) is 12.6 Å². The molecule has 1 aliphatic carbocycles. The first-order valence-electron chi connectivity index (χ1n) is 5.18. The molecule has 14 heavy (non-hydrogen) atoms. The average molecular weight is 191 g/mol. The Bertz CT molecular complexity index is 355. The predicted molar refractivity (Wildman–Crippen MR) is 57.8 cm³/mol. The first-order chi connectivity index (χ1) is 6.69. The van der Waals surface area contributed by atoms with Crippen LogP contribution in [0, 0.1) is 6.92 Å². The highest BCUT2D eigenvalue weighted by molar-refractivity contribution is 5.52. The average Bonchev–Trinajstić information content (AvgIpc) is 2.43. The largest absolute Gasteiger partial charge is 0.327 e. The van der Waals surface area contributed by atoms with Crippen LogP contribution in [0.4, 0.5) is 0 Å². The topological polar surface area (TPSA) is 43.8 Å². The van der Waals surface area contributed by atoms with Gasteiger partial charge in [-0.1, -0.05) is 5.57 Å². The van der Waals surface area contributed by atoms with Gasteiger partial charge >= 0.3 is 0 Å². The fourth-order valence-corrected chi connectivity index (χ4v) is 1.88. The zero-order valence-electron chi connectivity index (χ0n) is 8.83. The van der Waals surface area contributed by atoms with Crippen LogP contribution in [-0.4, -0.2) is 15.8 Å². The Morgan fingerprint density at radius 1 is 1.64 bits per heavy atom. The quantitative estimate of drug-likeness (QED) is 0.773. The molecule has 0 spiro atoms. The van der Waals surface area contributed by atoms with Crippen molar-refractivity contribution in [3.8, 4) is 0 Å². The summed E-state index contributed by atoms with van der Waals surface area (Å²) in [6.07, 6.45) is 4.33. The van der Waals surface area contributed by atoms with Gasteiger partial charge in [0.1, 0.15) is 0 Å². The molecule has 2 N–H and O–H groups in total. The number of nitrogens with two attached hydrogens (primary N) is 1. The second-order valence-corrected chi connectivity index (χ2v) is 4.00. The summed E-state index contributed by atoms with van der Waals surface area (Å²) in [6.45, 7) is 5.07. The van der Waals surface area contributed by atoms with Gasteiger partial charge < -0.3 is 5.73 Å². The van der Waals surface area contributed by atoms with Crippen LogP contribution < -0.4 is 5.73 Å². The van der Waals surface area contributed by atoms with E-state index in [-0.39, 0.29) is 0 Å². The Hall–Kier alpha value is -1.09. The van der Waals surface area contributed by atoms with Crippen molar-refractivity contribution < 1.29 is 0 Å². The van der Waals surface area contributed by atoms with Crippen molar-refractivity contribution in [3.63, 3.8) is 0 Å². The second-order valence-electron chi connectivity index (χ2n) is 4.00. The minimum absolute atomic E-state index is 0.389. The molecule has 0 saturated heterocycles. The summed E-state index contributed by atoms with van der Waals surface area (Å²) in [5.74, 6) is 0. The Balaban J connectivity index is 2.19. The van der Waals surface area contributed by atoms with E-state index in [1.807, 2.05) is 11.6 Å². The molecule has 76 valence electrons. The molecule has 1 heterocycles. The molecule has 1 fully saturated rings. The Morgan fingerprint density at radius 3 is 2.93 bits per heavy atom. The van der Waals surface area contributed by atoms with E-state index in [9.17, 15) is 0 Å². The van der Waals surface area contributed by atoms with Crippen molar-refractivity contribution in [1.82, 2.24) is 9.78 Å². The lowest BCUT2D eigenvalue weighted by molar-refractivity contribution is 0.545. The van der Waals surface area contributed by atoms with E-state index in [0.717, 1.165) is 25.1 Å². The Kier molecular flexibility index (Phi) is 2.42. The van der Waals surface area contributed by atoms with Gasteiger partial charge in [0.15, 0.2) is 0 Å². The maximum absolute atomic E-state index is 5.74. The Morgan fingerprint density at radius 2 is 2.36 bits per heavy atom. The van der Waals surface area contributed by atoms with Gasteiger partial charge in [-0.2, -0.15) is 5.10 Å². The smallest absolute Gasteiger partial charge is 0.0612 e. The van der Waals surface area contributed by atoms with Crippen molar-refractivity contribution in [2.24, 2.45) is 5.73 Å². The van der Waals surface area contributed by atoms with Gasteiger partial charge in [0.25, 0.3) is 0 Å². The van der Waals surface area contributed by atoms with Gasteiger partial charge in [-0.25, -0.2) is 0 Å². The SMILES string of the molecule is CCn1nc(C)cc1C=C1CC(N)C1. The van der Waals surface area contributed by atoms with Crippen LogP contribution in [0.5, 0.6) is 0 Å². The van der Waals surface area contributed by atoms with Crippen LogP contribution >= 0.6 is 0 Å². The van der Waals surface area contributed by atoms with E-state index < -0.39 is 0 Å². The number of aromatic nitrogens is 2. The van der Waals surface area contributed by atoms with Gasteiger partial charge in [-0.15, -0.1) is 0 Å². The zero-order chi connectivity index (χ0) is 10.1. The van der Waals surface area contributed by atoms with Crippen molar-refractivity contribution in [2.45, 2.75) is 39.3 Å². The highest BCUT2D eigenvalue weighted by Gasteiger charge is 2.18. The molecule has 0 bridgehead atoms. The van der Waals surface area contributed by atoms with E-state index in [4.69, 9.17) is 5.73 Å². The van der Waals surface area contributed by atoms with Crippen LogP contribution in [0.3, 0.4) is 0 Å². The van der Waals surface area contributed by atoms with E-state index in [0.29, 0.717) is 6.04 Å². The highest BCUT2D eigenvalue weighted by atomic mass is 15.3. The van der Waals surface area contributed by atoms with E-state index in [1.54, 1.807) is 0 Å². The molecule has 1 saturated carbocycles. The Labute approximate surface area is 84.6 Å². The number of rotatable bonds is 2. The van der Waals surface area contributed by atoms with Crippen LogP contribution in [0.25, 0.3) is 6.08 Å². The maximum atomic E-state index is 5.74. The van der Waals surface area contributed by atoms with Crippen molar-refractivity contribution in [3.05, 3.63) is 23.0 Å². The standard InChI is InChI=1S/C11H17N3/c1-3-14-11(4-8(2)13-14)7-9-5-10(12)6-9/h4,7,10H,3,5-6,12H2,1-2H3. The van der Waals surface area contributed by atoms with Crippen LogP contribution in [-0.2, 0) is 6.54 Å². The molecule has 0 amide bonds. The van der Waals surface area contributed by atoms with Crippen molar-refractivity contribution in [2.75, 3.05) is 0 Å². The summed E-state index contributed by atoms with van der Waals surface area (Å²) in [5, 5.41) is 4.40. The van der Waals surface area contributed by atoms with E-state index in [2.05, 4.69) is 24.2 Å². The summed E-state index contributed by atoms with van der Waals surface area (Å²) in [4.78, 5) is 0. The molecule has 0 aliphatic heterocycles. The predicted octanol–water partition coefficient (Wildman–Crippen LogP) is 1.72. The molecule has 1 aromatic rings. The van der Waals surface area contributed by atoms with Gasteiger partial charge in [-0.05, 0) is 38.8 Å². The summed E-state index contributed by atoms with van der Waals surface area (Å²) < 4.78 is 2.03. The molecule has 3 heteroatoms. The molecule has 0 unspecified atom stereocenters. The highest BCUT2D eigenvalue weighted by Crippen LogP contribution is 2.26. The monoisotopic (exact) mass is 191 g/mol. The fraction of sp³-hybridized carbons (Fsp3) is 0.545. The van der Waals surface area contributed by atoms with Gasteiger partial charge in [-0.3, -0.25) is 4.68 Å². The molecular weight excluding hydrogens is 174 g/mol. The third-order valence-corrected chi connectivity index (χ3v) is 2.63. The lowest BCUT2D eigenvalue weighted by Crippen LogP contribution is -2.30. The van der Waals surface area contributed by atoms with Crippen molar-refractivity contribution >= 4 is 6.08 Å². The molecule has 0 atom stereocenters. The summed E-state index contributed by atoms with van der Waals surface area (Å²) in [5.41, 5.74) is 9.49. The van der Waals surface area contributed by atoms with Gasteiger partial charge in [0.05, 0.1) is 11.4 Å². The second kappa shape index (κ2) is 3.58. The summed E-state index contributed by atoms with van der Waals surface area (Å²) in [6, 6.07) is 2.51. The number of aryl methyl sites for hydroxylation is 2. The van der Waals surface area contributed by atoms with E-state index >= 15 is 0 Å². The minimum Gasteiger partial charge on any atom is -0.327 e. The molecule has 1 aliphatic rings. The molecule has 1 aromatic heterocycles. The molecular formula is C11H17N3.